The lowest BCUT2D eigenvalue weighted by molar-refractivity contribution is 0.578. The van der Waals surface area contributed by atoms with E-state index in [2.05, 4.69) is 5.10 Å². The van der Waals surface area contributed by atoms with Crippen molar-refractivity contribution in [2.75, 3.05) is 0 Å². The van der Waals surface area contributed by atoms with Gasteiger partial charge in [-0.3, -0.25) is 4.68 Å². The summed E-state index contributed by atoms with van der Waals surface area (Å²) in [7, 11) is -2.30. The maximum Gasteiger partial charge on any atom is 0.256 e. The van der Waals surface area contributed by atoms with Gasteiger partial charge in [0, 0.05) is 7.05 Å². The predicted octanol–water partition coefficient (Wildman–Crippen LogP) is 0.0293. The lowest BCUT2D eigenvalue weighted by Crippen LogP contribution is -2.16. The molecule has 0 saturated heterocycles. The SMILES string of the molecule is Cc1nn(C)c(S(N)(=O)=O)c1Cl. The first-order chi connectivity index (χ1) is 5.34. The summed E-state index contributed by atoms with van der Waals surface area (Å²) in [5, 5.41) is 8.63. The van der Waals surface area contributed by atoms with E-state index in [1.807, 2.05) is 0 Å². The fourth-order valence-electron chi connectivity index (χ4n) is 0.920. The normalized spacial score (nSPS) is 12.0. The van der Waals surface area contributed by atoms with Gasteiger partial charge in [0.15, 0.2) is 5.03 Å². The smallest absolute Gasteiger partial charge is 0.255 e. The minimum atomic E-state index is -3.77. The van der Waals surface area contributed by atoms with Gasteiger partial charge < -0.3 is 0 Å². The minimum Gasteiger partial charge on any atom is -0.255 e. The van der Waals surface area contributed by atoms with Gasteiger partial charge in [0.25, 0.3) is 10.0 Å². The van der Waals surface area contributed by atoms with Crippen LogP contribution in [0.3, 0.4) is 0 Å². The molecule has 0 spiro atoms. The quantitative estimate of drug-likeness (QED) is 0.709. The summed E-state index contributed by atoms with van der Waals surface area (Å²) < 4.78 is 23.0. The highest BCUT2D eigenvalue weighted by molar-refractivity contribution is 7.89. The summed E-state index contributed by atoms with van der Waals surface area (Å²) in [5.74, 6) is 0. The van der Waals surface area contributed by atoms with Crippen LogP contribution >= 0.6 is 11.6 Å². The first-order valence-electron chi connectivity index (χ1n) is 3.06. The molecular weight excluding hydrogens is 202 g/mol. The maximum absolute atomic E-state index is 10.9. The molecule has 0 aliphatic heterocycles. The van der Waals surface area contributed by atoms with Gasteiger partial charge in [0.05, 0.1) is 5.69 Å². The number of hydrogen-bond donors (Lipinski definition) is 1. The van der Waals surface area contributed by atoms with Crippen molar-refractivity contribution in [1.29, 1.82) is 0 Å². The molecule has 0 radical (unpaired) electrons. The first kappa shape index (κ1) is 9.50. The Morgan fingerprint density at radius 2 is 2.08 bits per heavy atom. The van der Waals surface area contributed by atoms with Crippen LogP contribution in [0, 0.1) is 6.92 Å². The van der Waals surface area contributed by atoms with Crippen LogP contribution in [-0.2, 0) is 17.1 Å². The van der Waals surface area contributed by atoms with Crippen molar-refractivity contribution in [3.63, 3.8) is 0 Å². The van der Waals surface area contributed by atoms with Crippen LogP contribution in [0.15, 0.2) is 5.03 Å². The van der Waals surface area contributed by atoms with Gasteiger partial charge in [-0.2, -0.15) is 5.10 Å². The van der Waals surface area contributed by atoms with E-state index < -0.39 is 10.0 Å². The summed E-state index contributed by atoms with van der Waals surface area (Å²) in [4.78, 5) is 0. The zero-order chi connectivity index (χ0) is 9.52. The Kier molecular flexibility index (Phi) is 2.15. The predicted molar refractivity (Wildman–Crippen MR) is 44.3 cm³/mol. The summed E-state index contributed by atoms with van der Waals surface area (Å²) in [6.07, 6.45) is 0. The number of nitrogens with two attached hydrogens (primary N) is 1. The van der Waals surface area contributed by atoms with Crippen molar-refractivity contribution in [3.8, 4) is 0 Å². The van der Waals surface area contributed by atoms with Gasteiger partial charge in [0.2, 0.25) is 0 Å². The molecule has 0 atom stereocenters. The molecule has 0 saturated carbocycles. The number of halogens is 1. The summed E-state index contributed by atoms with van der Waals surface area (Å²) >= 11 is 5.66. The number of aromatic nitrogens is 2. The number of sulfonamides is 1. The van der Waals surface area contributed by atoms with E-state index in [-0.39, 0.29) is 10.0 Å². The van der Waals surface area contributed by atoms with Gasteiger partial charge in [-0.05, 0) is 6.92 Å². The molecule has 0 aliphatic carbocycles. The van der Waals surface area contributed by atoms with Crippen molar-refractivity contribution < 1.29 is 8.42 Å². The van der Waals surface area contributed by atoms with E-state index in [1.165, 1.54) is 7.05 Å². The molecule has 7 heteroatoms. The van der Waals surface area contributed by atoms with Crippen molar-refractivity contribution in [1.82, 2.24) is 9.78 Å². The zero-order valence-corrected chi connectivity index (χ0v) is 8.15. The van der Waals surface area contributed by atoms with E-state index in [0.29, 0.717) is 5.69 Å². The number of aryl methyl sites for hydroxylation is 2. The van der Waals surface area contributed by atoms with Crippen LogP contribution in [0.4, 0.5) is 0 Å². The van der Waals surface area contributed by atoms with E-state index in [1.54, 1.807) is 6.92 Å². The molecule has 1 heterocycles. The standard InChI is InChI=1S/C5H8ClN3O2S/c1-3-4(6)5(9(2)8-3)12(7,10)11/h1-2H3,(H2,7,10,11). The fraction of sp³-hybridized carbons (Fsp3) is 0.400. The van der Waals surface area contributed by atoms with Gasteiger partial charge in [0.1, 0.15) is 5.02 Å². The molecule has 0 unspecified atom stereocenters. The molecule has 2 N–H and O–H groups in total. The molecular formula is C5H8ClN3O2S. The molecule has 1 aromatic rings. The number of rotatable bonds is 1. The van der Waals surface area contributed by atoms with Crippen LogP contribution in [0.5, 0.6) is 0 Å². The first-order valence-corrected chi connectivity index (χ1v) is 4.98. The number of hydrogen-bond acceptors (Lipinski definition) is 3. The maximum atomic E-state index is 10.9. The van der Waals surface area contributed by atoms with Gasteiger partial charge in [-0.15, -0.1) is 0 Å². The topological polar surface area (TPSA) is 78.0 Å². The Labute approximate surface area is 75.2 Å². The van der Waals surface area contributed by atoms with Gasteiger partial charge in [-0.1, -0.05) is 11.6 Å². The third-order valence-corrected chi connectivity index (χ3v) is 2.94. The molecule has 0 fully saturated rings. The van der Waals surface area contributed by atoms with Crippen molar-refractivity contribution in [2.24, 2.45) is 12.2 Å². The largest absolute Gasteiger partial charge is 0.256 e. The minimum absolute atomic E-state index is 0.0833. The summed E-state index contributed by atoms with van der Waals surface area (Å²) in [6.45, 7) is 1.61. The Morgan fingerprint density at radius 3 is 2.25 bits per heavy atom. The second-order valence-electron chi connectivity index (χ2n) is 2.37. The van der Waals surface area contributed by atoms with Crippen molar-refractivity contribution in [2.45, 2.75) is 11.9 Å². The second-order valence-corrected chi connectivity index (χ2v) is 4.23. The zero-order valence-electron chi connectivity index (χ0n) is 6.57. The van der Waals surface area contributed by atoms with E-state index in [9.17, 15) is 8.42 Å². The van der Waals surface area contributed by atoms with Crippen molar-refractivity contribution in [3.05, 3.63) is 10.7 Å². The number of nitrogens with zero attached hydrogens (tertiary/aromatic N) is 2. The molecule has 12 heavy (non-hydrogen) atoms. The van der Waals surface area contributed by atoms with Crippen molar-refractivity contribution >= 4 is 21.6 Å². The monoisotopic (exact) mass is 209 g/mol. The van der Waals surface area contributed by atoms with Crippen LogP contribution in [0.25, 0.3) is 0 Å². The molecule has 0 aliphatic rings. The molecule has 0 amide bonds. The van der Waals surface area contributed by atoms with E-state index in [0.717, 1.165) is 4.68 Å². The number of primary sulfonamides is 1. The Bertz CT molecular complexity index is 409. The molecule has 1 rings (SSSR count). The molecule has 5 nitrogen and oxygen atoms in total. The third-order valence-electron chi connectivity index (χ3n) is 1.37. The van der Waals surface area contributed by atoms with Gasteiger partial charge in [-0.25, -0.2) is 13.6 Å². The second kappa shape index (κ2) is 2.72. The molecule has 68 valence electrons. The summed E-state index contributed by atoms with van der Waals surface area (Å²) in [5.41, 5.74) is 0.447. The lowest BCUT2D eigenvalue weighted by Gasteiger charge is -1.97. The van der Waals surface area contributed by atoms with E-state index in [4.69, 9.17) is 16.7 Å². The van der Waals surface area contributed by atoms with Crippen LogP contribution in [0.2, 0.25) is 5.02 Å². The fourth-order valence-corrected chi connectivity index (χ4v) is 2.21. The van der Waals surface area contributed by atoms with E-state index >= 15 is 0 Å². The average Bonchev–Trinajstić information content (AvgIpc) is 2.05. The lowest BCUT2D eigenvalue weighted by atomic mass is 10.5. The Morgan fingerprint density at radius 1 is 1.58 bits per heavy atom. The van der Waals surface area contributed by atoms with Crippen LogP contribution < -0.4 is 5.14 Å². The summed E-state index contributed by atoms with van der Waals surface area (Å²) in [6, 6.07) is 0. The Balaban J connectivity index is 3.54. The highest BCUT2D eigenvalue weighted by Gasteiger charge is 2.20. The molecule has 1 aromatic heterocycles. The highest BCUT2D eigenvalue weighted by Crippen LogP contribution is 2.22. The van der Waals surface area contributed by atoms with Crippen LogP contribution in [-0.4, -0.2) is 18.2 Å². The van der Waals surface area contributed by atoms with Crippen LogP contribution in [0.1, 0.15) is 5.69 Å². The average molecular weight is 210 g/mol. The highest BCUT2D eigenvalue weighted by atomic mass is 35.5. The van der Waals surface area contributed by atoms with Gasteiger partial charge >= 0.3 is 0 Å². The molecule has 0 bridgehead atoms. The molecule has 0 aromatic carbocycles. The third kappa shape index (κ3) is 1.45. The Hall–Kier alpha value is -0.590.